The van der Waals surface area contributed by atoms with Crippen LogP contribution in [0.4, 0.5) is 0 Å². The largest absolute Gasteiger partial charge is 0.493 e. The first kappa shape index (κ1) is 14.4. The Labute approximate surface area is 118 Å². The van der Waals surface area contributed by atoms with Gasteiger partial charge in [0.15, 0.2) is 17.6 Å². The summed E-state index contributed by atoms with van der Waals surface area (Å²) in [6, 6.07) is 4.89. The minimum atomic E-state index is -0.594. The second kappa shape index (κ2) is 6.41. The van der Waals surface area contributed by atoms with Gasteiger partial charge in [0.2, 0.25) is 0 Å². The van der Waals surface area contributed by atoms with E-state index in [0.717, 1.165) is 32.2 Å². The first-order valence-electron chi connectivity index (χ1n) is 6.74. The quantitative estimate of drug-likeness (QED) is 0.771. The van der Waals surface area contributed by atoms with Crippen LogP contribution in [-0.4, -0.2) is 43.4 Å². The van der Waals surface area contributed by atoms with Crippen LogP contribution in [0.5, 0.6) is 11.5 Å². The van der Waals surface area contributed by atoms with Gasteiger partial charge in [0.25, 0.3) is 5.91 Å². The van der Waals surface area contributed by atoms with E-state index in [4.69, 9.17) is 9.47 Å². The Hall–Kier alpha value is -2.04. The van der Waals surface area contributed by atoms with Crippen LogP contribution in [0.3, 0.4) is 0 Å². The van der Waals surface area contributed by atoms with Gasteiger partial charge in [0, 0.05) is 18.7 Å². The van der Waals surface area contributed by atoms with Crippen molar-refractivity contribution >= 4 is 12.2 Å². The highest BCUT2D eigenvalue weighted by molar-refractivity contribution is 5.81. The van der Waals surface area contributed by atoms with Gasteiger partial charge in [-0.1, -0.05) is 0 Å². The van der Waals surface area contributed by atoms with Crippen LogP contribution in [0.15, 0.2) is 18.2 Å². The number of hydrogen-bond donors (Lipinski definition) is 0. The molecule has 0 radical (unpaired) electrons. The molecule has 2 rings (SSSR count). The van der Waals surface area contributed by atoms with Crippen molar-refractivity contribution in [2.24, 2.45) is 0 Å². The summed E-state index contributed by atoms with van der Waals surface area (Å²) in [5.74, 6) is 0.898. The molecule has 20 heavy (non-hydrogen) atoms. The molecule has 0 aliphatic carbocycles. The maximum atomic E-state index is 12.2. The highest BCUT2D eigenvalue weighted by atomic mass is 16.5. The van der Waals surface area contributed by atoms with Gasteiger partial charge < -0.3 is 14.4 Å². The molecule has 1 unspecified atom stereocenters. The number of likely N-dealkylation sites (tertiary alicyclic amines) is 1. The summed E-state index contributed by atoms with van der Waals surface area (Å²) in [4.78, 5) is 24.8. The number of hydrogen-bond acceptors (Lipinski definition) is 4. The average molecular weight is 277 g/mol. The fourth-order valence-electron chi connectivity index (χ4n) is 2.29. The number of nitrogens with zero attached hydrogens (tertiary/aromatic N) is 1. The summed E-state index contributed by atoms with van der Waals surface area (Å²) in [7, 11) is 1.52. The van der Waals surface area contributed by atoms with Crippen LogP contribution in [0.1, 0.15) is 30.1 Å². The number of benzene rings is 1. The molecule has 5 nitrogen and oxygen atoms in total. The van der Waals surface area contributed by atoms with Crippen molar-refractivity contribution in [1.82, 2.24) is 4.90 Å². The SMILES string of the molecule is COc1ccc(C=O)cc1OC(C)C(=O)N1CCCC1. The van der Waals surface area contributed by atoms with Crippen molar-refractivity contribution < 1.29 is 19.1 Å². The smallest absolute Gasteiger partial charge is 0.263 e. The minimum Gasteiger partial charge on any atom is -0.493 e. The van der Waals surface area contributed by atoms with Crippen molar-refractivity contribution in [3.05, 3.63) is 23.8 Å². The van der Waals surface area contributed by atoms with E-state index in [0.29, 0.717) is 17.1 Å². The van der Waals surface area contributed by atoms with Gasteiger partial charge in [-0.2, -0.15) is 0 Å². The summed E-state index contributed by atoms with van der Waals surface area (Å²) in [5.41, 5.74) is 0.488. The molecule has 108 valence electrons. The molecule has 0 aromatic heterocycles. The number of carbonyl (C=O) groups excluding carboxylic acids is 2. The molecule has 0 saturated carbocycles. The summed E-state index contributed by atoms with van der Waals surface area (Å²) in [6.45, 7) is 3.30. The van der Waals surface area contributed by atoms with Crippen LogP contribution in [-0.2, 0) is 4.79 Å². The molecule has 1 amide bonds. The number of aldehydes is 1. The molecular weight excluding hydrogens is 258 g/mol. The third-order valence-corrected chi connectivity index (χ3v) is 3.39. The molecule has 5 heteroatoms. The van der Waals surface area contributed by atoms with Gasteiger partial charge in [-0.05, 0) is 38.0 Å². The average Bonchev–Trinajstić information content (AvgIpc) is 3.00. The fourth-order valence-corrected chi connectivity index (χ4v) is 2.29. The van der Waals surface area contributed by atoms with Crippen molar-refractivity contribution in [1.29, 1.82) is 0 Å². The van der Waals surface area contributed by atoms with Crippen molar-refractivity contribution in [3.63, 3.8) is 0 Å². The van der Waals surface area contributed by atoms with Gasteiger partial charge in [0.1, 0.15) is 6.29 Å². The van der Waals surface area contributed by atoms with Crippen LogP contribution in [0.2, 0.25) is 0 Å². The van der Waals surface area contributed by atoms with Gasteiger partial charge in [-0.15, -0.1) is 0 Å². The third kappa shape index (κ3) is 3.10. The number of carbonyl (C=O) groups is 2. The fraction of sp³-hybridized carbons (Fsp3) is 0.467. The zero-order valence-corrected chi connectivity index (χ0v) is 11.8. The minimum absolute atomic E-state index is 0.0268. The molecule has 1 saturated heterocycles. The van der Waals surface area contributed by atoms with Gasteiger partial charge in [-0.25, -0.2) is 0 Å². The Morgan fingerprint density at radius 2 is 2.00 bits per heavy atom. The molecule has 1 atom stereocenters. The Morgan fingerprint density at radius 3 is 2.60 bits per heavy atom. The lowest BCUT2D eigenvalue weighted by Crippen LogP contribution is -2.38. The van der Waals surface area contributed by atoms with Crippen LogP contribution in [0.25, 0.3) is 0 Å². The lowest BCUT2D eigenvalue weighted by Gasteiger charge is -2.22. The predicted molar refractivity (Wildman–Crippen MR) is 74.3 cm³/mol. The first-order chi connectivity index (χ1) is 9.65. The first-order valence-corrected chi connectivity index (χ1v) is 6.74. The number of ether oxygens (including phenoxy) is 2. The second-order valence-electron chi connectivity index (χ2n) is 4.82. The Balaban J connectivity index is 2.11. The van der Waals surface area contributed by atoms with E-state index in [-0.39, 0.29) is 5.91 Å². The molecule has 1 fully saturated rings. The maximum Gasteiger partial charge on any atom is 0.263 e. The molecule has 0 spiro atoms. The van der Waals surface area contributed by atoms with Crippen LogP contribution in [0, 0.1) is 0 Å². The lowest BCUT2D eigenvalue weighted by atomic mass is 10.2. The Bertz CT molecular complexity index is 495. The van der Waals surface area contributed by atoms with Crippen LogP contribution < -0.4 is 9.47 Å². The summed E-state index contributed by atoms with van der Waals surface area (Å²) in [6.07, 6.45) is 2.23. The molecule has 1 heterocycles. The maximum absolute atomic E-state index is 12.2. The number of rotatable bonds is 5. The van der Waals surface area contributed by atoms with Gasteiger partial charge in [0.05, 0.1) is 7.11 Å². The van der Waals surface area contributed by atoms with Gasteiger partial charge >= 0.3 is 0 Å². The van der Waals surface area contributed by atoms with Crippen molar-refractivity contribution in [2.75, 3.05) is 20.2 Å². The zero-order valence-electron chi connectivity index (χ0n) is 11.8. The van der Waals surface area contributed by atoms with Crippen molar-refractivity contribution in [2.45, 2.75) is 25.9 Å². The van der Waals surface area contributed by atoms with Crippen molar-refractivity contribution in [3.8, 4) is 11.5 Å². The van der Waals surface area contributed by atoms with Gasteiger partial charge in [-0.3, -0.25) is 9.59 Å². The van der Waals surface area contributed by atoms with E-state index < -0.39 is 6.10 Å². The van der Waals surface area contributed by atoms with E-state index in [1.165, 1.54) is 7.11 Å². The standard InChI is InChI=1S/C15H19NO4/c1-11(15(18)16-7-3-4-8-16)20-14-9-12(10-17)5-6-13(14)19-2/h5-6,9-11H,3-4,7-8H2,1-2H3. The number of methoxy groups -OCH3 is 1. The second-order valence-corrected chi connectivity index (χ2v) is 4.82. The molecule has 1 aliphatic rings. The van der Waals surface area contributed by atoms with E-state index in [2.05, 4.69) is 0 Å². The molecular formula is C15H19NO4. The van der Waals surface area contributed by atoms with Crippen LogP contribution >= 0.6 is 0 Å². The molecule has 1 aromatic rings. The Morgan fingerprint density at radius 1 is 1.30 bits per heavy atom. The predicted octanol–water partition coefficient (Wildman–Crippen LogP) is 1.90. The highest BCUT2D eigenvalue weighted by Gasteiger charge is 2.25. The summed E-state index contributed by atoms with van der Waals surface area (Å²) < 4.78 is 10.9. The third-order valence-electron chi connectivity index (χ3n) is 3.39. The number of amides is 1. The molecule has 1 aliphatic heterocycles. The highest BCUT2D eigenvalue weighted by Crippen LogP contribution is 2.29. The van der Waals surface area contributed by atoms with E-state index in [9.17, 15) is 9.59 Å². The monoisotopic (exact) mass is 277 g/mol. The summed E-state index contributed by atoms with van der Waals surface area (Å²) in [5, 5.41) is 0. The molecule has 0 bridgehead atoms. The van der Waals surface area contributed by atoms with E-state index in [1.807, 2.05) is 0 Å². The summed E-state index contributed by atoms with van der Waals surface area (Å²) >= 11 is 0. The molecule has 0 N–H and O–H groups in total. The molecule has 1 aromatic carbocycles. The normalized spacial score (nSPS) is 15.8. The van der Waals surface area contributed by atoms with E-state index in [1.54, 1.807) is 30.0 Å². The Kier molecular flexibility index (Phi) is 4.61. The van der Waals surface area contributed by atoms with E-state index >= 15 is 0 Å². The zero-order chi connectivity index (χ0) is 14.5. The lowest BCUT2D eigenvalue weighted by molar-refractivity contribution is -0.136. The topological polar surface area (TPSA) is 55.8 Å².